The van der Waals surface area contributed by atoms with Gasteiger partial charge in [-0.3, -0.25) is 0 Å². The first-order chi connectivity index (χ1) is 8.32. The van der Waals surface area contributed by atoms with Crippen molar-refractivity contribution in [3.63, 3.8) is 0 Å². The number of halogens is 9. The van der Waals surface area contributed by atoms with Crippen LogP contribution in [-0.4, -0.2) is 30.7 Å². The number of ether oxygens (including phenoxy) is 1. The molecule has 0 aromatic heterocycles. The Balaban J connectivity index is 4.91. The molecule has 0 bridgehead atoms. The van der Waals surface area contributed by atoms with Crippen LogP contribution in [0.2, 0.25) is 0 Å². The standard InChI is InChI=1S/C9H11F9O/c1-2-3-4-5(7(11,12)13)19-9(17,18)6(10)8(14,15)16/h5-6H,2-4H2,1H3. The molecule has 2 unspecified atom stereocenters. The van der Waals surface area contributed by atoms with Crippen molar-refractivity contribution in [3.05, 3.63) is 0 Å². The lowest BCUT2D eigenvalue weighted by atomic mass is 10.1. The summed E-state index contributed by atoms with van der Waals surface area (Å²) < 4.78 is 113. The van der Waals surface area contributed by atoms with Gasteiger partial charge in [-0.25, -0.2) is 4.39 Å². The Hall–Kier alpha value is -0.670. The molecule has 0 saturated carbocycles. The summed E-state index contributed by atoms with van der Waals surface area (Å²) in [4.78, 5) is 0. The minimum absolute atomic E-state index is 0.180. The van der Waals surface area contributed by atoms with Gasteiger partial charge < -0.3 is 4.74 Å². The molecule has 10 heteroatoms. The predicted molar refractivity (Wildman–Crippen MR) is 46.4 cm³/mol. The third-order valence-corrected chi connectivity index (χ3v) is 2.07. The number of hydrogen-bond acceptors (Lipinski definition) is 1. The molecule has 0 saturated heterocycles. The zero-order valence-electron chi connectivity index (χ0n) is 9.59. The Bertz CT molecular complexity index is 270. The molecule has 0 N–H and O–H groups in total. The topological polar surface area (TPSA) is 9.23 Å². The van der Waals surface area contributed by atoms with Gasteiger partial charge in [0, 0.05) is 0 Å². The molecule has 0 amide bonds. The Kier molecular flexibility index (Phi) is 5.97. The van der Waals surface area contributed by atoms with Crippen LogP contribution in [-0.2, 0) is 4.74 Å². The first kappa shape index (κ1) is 18.3. The van der Waals surface area contributed by atoms with Crippen molar-refractivity contribution in [3.8, 4) is 0 Å². The molecule has 0 aromatic carbocycles. The largest absolute Gasteiger partial charge is 0.428 e. The highest BCUT2D eigenvalue weighted by atomic mass is 19.4. The van der Waals surface area contributed by atoms with Crippen molar-refractivity contribution in [1.29, 1.82) is 0 Å². The molecule has 0 aliphatic carbocycles. The Morgan fingerprint density at radius 3 is 1.68 bits per heavy atom. The zero-order valence-corrected chi connectivity index (χ0v) is 9.59. The fourth-order valence-corrected chi connectivity index (χ4v) is 1.12. The summed E-state index contributed by atoms with van der Waals surface area (Å²) in [6, 6.07) is 0. The van der Waals surface area contributed by atoms with Crippen LogP contribution >= 0.6 is 0 Å². The maximum absolute atomic E-state index is 12.7. The maximum Gasteiger partial charge on any atom is 0.428 e. The summed E-state index contributed by atoms with van der Waals surface area (Å²) in [6.45, 7) is 1.44. The lowest BCUT2D eigenvalue weighted by Crippen LogP contribution is -2.48. The van der Waals surface area contributed by atoms with Crippen molar-refractivity contribution in [2.75, 3.05) is 0 Å². The van der Waals surface area contributed by atoms with Gasteiger partial charge in [0.2, 0.25) is 0 Å². The van der Waals surface area contributed by atoms with Crippen LogP contribution in [0.15, 0.2) is 0 Å². The molecule has 0 radical (unpaired) electrons. The third-order valence-electron chi connectivity index (χ3n) is 2.07. The van der Waals surface area contributed by atoms with Crippen molar-refractivity contribution < 1.29 is 44.3 Å². The Morgan fingerprint density at radius 2 is 1.37 bits per heavy atom. The minimum Gasteiger partial charge on any atom is -0.305 e. The molecule has 0 heterocycles. The molecule has 1 nitrogen and oxygen atoms in total. The van der Waals surface area contributed by atoms with Gasteiger partial charge in [0.25, 0.3) is 6.17 Å². The molecule has 2 atom stereocenters. The van der Waals surface area contributed by atoms with E-state index in [0.29, 0.717) is 0 Å². The van der Waals surface area contributed by atoms with Crippen molar-refractivity contribution in [1.82, 2.24) is 0 Å². The van der Waals surface area contributed by atoms with Crippen LogP contribution in [0.1, 0.15) is 26.2 Å². The first-order valence-corrected chi connectivity index (χ1v) is 5.15. The van der Waals surface area contributed by atoms with E-state index in [1.54, 1.807) is 0 Å². The zero-order chi connectivity index (χ0) is 15.5. The molecule has 19 heavy (non-hydrogen) atoms. The van der Waals surface area contributed by atoms with Crippen LogP contribution in [0.4, 0.5) is 39.5 Å². The summed E-state index contributed by atoms with van der Waals surface area (Å²) in [6.07, 6.45) is -25.9. The second-order valence-electron chi connectivity index (χ2n) is 3.76. The monoisotopic (exact) mass is 306 g/mol. The smallest absolute Gasteiger partial charge is 0.305 e. The fraction of sp³-hybridized carbons (Fsp3) is 1.00. The normalized spacial score (nSPS) is 17.4. The van der Waals surface area contributed by atoms with Crippen LogP contribution in [0, 0.1) is 0 Å². The van der Waals surface area contributed by atoms with E-state index in [2.05, 4.69) is 4.74 Å². The van der Waals surface area contributed by atoms with E-state index in [-0.39, 0.29) is 12.8 Å². The van der Waals surface area contributed by atoms with Crippen LogP contribution in [0.5, 0.6) is 0 Å². The number of hydrogen-bond donors (Lipinski definition) is 0. The average Bonchev–Trinajstić information content (AvgIpc) is 2.20. The molecule has 0 rings (SSSR count). The number of alkyl halides is 9. The molecule has 116 valence electrons. The lowest BCUT2D eigenvalue weighted by Gasteiger charge is -2.28. The summed E-state index contributed by atoms with van der Waals surface area (Å²) in [5.74, 6) is 0. The van der Waals surface area contributed by atoms with Gasteiger partial charge in [-0.2, -0.15) is 35.1 Å². The third kappa shape index (κ3) is 5.87. The van der Waals surface area contributed by atoms with E-state index in [9.17, 15) is 39.5 Å². The first-order valence-electron chi connectivity index (χ1n) is 5.15. The predicted octanol–water partition coefficient (Wildman–Crippen LogP) is 4.62. The number of unbranched alkanes of at least 4 members (excludes halogenated alkanes) is 1. The average molecular weight is 306 g/mol. The lowest BCUT2D eigenvalue weighted by molar-refractivity contribution is -0.377. The van der Waals surface area contributed by atoms with E-state index in [0.717, 1.165) is 0 Å². The van der Waals surface area contributed by atoms with Gasteiger partial charge in [-0.05, 0) is 6.42 Å². The second-order valence-corrected chi connectivity index (χ2v) is 3.76. The summed E-state index contributed by atoms with van der Waals surface area (Å²) >= 11 is 0. The van der Waals surface area contributed by atoms with E-state index >= 15 is 0 Å². The van der Waals surface area contributed by atoms with E-state index in [1.807, 2.05) is 0 Å². The van der Waals surface area contributed by atoms with Gasteiger partial charge in [-0.15, -0.1) is 0 Å². The van der Waals surface area contributed by atoms with Gasteiger partial charge in [0.15, 0.2) is 6.10 Å². The van der Waals surface area contributed by atoms with Gasteiger partial charge >= 0.3 is 18.5 Å². The summed E-state index contributed by atoms with van der Waals surface area (Å²) in [7, 11) is 0. The molecule has 0 aliphatic heterocycles. The van der Waals surface area contributed by atoms with Crippen LogP contribution < -0.4 is 0 Å². The summed E-state index contributed by atoms with van der Waals surface area (Å²) in [5, 5.41) is 0. The molecule has 0 aliphatic rings. The quantitative estimate of drug-likeness (QED) is 0.651. The maximum atomic E-state index is 12.7. The fourth-order valence-electron chi connectivity index (χ4n) is 1.12. The second kappa shape index (κ2) is 6.19. The van der Waals surface area contributed by atoms with Gasteiger partial charge in [-0.1, -0.05) is 19.8 Å². The molecule has 0 fully saturated rings. The van der Waals surface area contributed by atoms with Crippen molar-refractivity contribution in [2.45, 2.75) is 56.9 Å². The highest BCUT2D eigenvalue weighted by Crippen LogP contribution is 2.39. The van der Waals surface area contributed by atoms with E-state index < -0.39 is 37.2 Å². The Labute approximate surface area is 102 Å². The van der Waals surface area contributed by atoms with Crippen LogP contribution in [0.25, 0.3) is 0 Å². The van der Waals surface area contributed by atoms with Crippen molar-refractivity contribution in [2.24, 2.45) is 0 Å². The van der Waals surface area contributed by atoms with E-state index in [4.69, 9.17) is 0 Å². The summed E-state index contributed by atoms with van der Waals surface area (Å²) in [5.41, 5.74) is 0. The molecular formula is C9H11F9O. The Morgan fingerprint density at radius 1 is 0.895 bits per heavy atom. The highest BCUT2D eigenvalue weighted by Gasteiger charge is 2.61. The van der Waals surface area contributed by atoms with Crippen molar-refractivity contribution >= 4 is 0 Å². The SMILES string of the molecule is CCCCC(OC(F)(F)C(F)C(F)(F)F)C(F)(F)F. The molecular weight excluding hydrogens is 295 g/mol. The molecule has 0 spiro atoms. The van der Waals surface area contributed by atoms with Crippen LogP contribution in [0.3, 0.4) is 0 Å². The number of rotatable bonds is 6. The minimum atomic E-state index is -6.01. The van der Waals surface area contributed by atoms with E-state index in [1.165, 1.54) is 6.92 Å². The van der Waals surface area contributed by atoms with Gasteiger partial charge in [0.05, 0.1) is 0 Å². The van der Waals surface area contributed by atoms with Gasteiger partial charge in [0.1, 0.15) is 0 Å². The highest BCUT2D eigenvalue weighted by molar-refractivity contribution is 4.79. The molecule has 0 aromatic rings.